The number of aromatic nitrogens is 2. The zero-order valence-electron chi connectivity index (χ0n) is 9.54. The van der Waals surface area contributed by atoms with E-state index in [0.717, 1.165) is 10.8 Å². The Bertz CT molecular complexity index is 708. The van der Waals surface area contributed by atoms with Crippen molar-refractivity contribution in [1.29, 1.82) is 0 Å². The number of aromatic hydroxyl groups is 1. The number of hydrogen-bond acceptors (Lipinski definition) is 4. The van der Waals surface area contributed by atoms with Crippen LogP contribution in [0.1, 0.15) is 0 Å². The molecule has 1 aromatic heterocycles. The van der Waals surface area contributed by atoms with Crippen molar-refractivity contribution in [1.82, 2.24) is 10.2 Å². The third-order valence-electron chi connectivity index (χ3n) is 2.86. The average molecular weight is 237 g/mol. The van der Waals surface area contributed by atoms with Crippen molar-refractivity contribution in [2.45, 2.75) is 0 Å². The minimum atomic E-state index is 0.215. The summed E-state index contributed by atoms with van der Waals surface area (Å²) >= 11 is 0. The first-order valence-corrected chi connectivity index (χ1v) is 5.56. The van der Waals surface area contributed by atoms with Crippen LogP contribution in [-0.4, -0.2) is 15.3 Å². The first-order chi connectivity index (χ1) is 8.75. The van der Waals surface area contributed by atoms with E-state index < -0.39 is 0 Å². The van der Waals surface area contributed by atoms with Gasteiger partial charge in [-0.1, -0.05) is 30.3 Å². The number of anilines is 1. The molecular formula is C14H11N3O. The monoisotopic (exact) mass is 237 g/mol. The highest BCUT2D eigenvalue weighted by Crippen LogP contribution is 2.34. The van der Waals surface area contributed by atoms with Gasteiger partial charge in [0, 0.05) is 10.9 Å². The summed E-state index contributed by atoms with van der Waals surface area (Å²) in [5, 5.41) is 19.8. The molecule has 0 spiro atoms. The van der Waals surface area contributed by atoms with E-state index in [9.17, 15) is 5.11 Å². The van der Waals surface area contributed by atoms with Gasteiger partial charge in [0.2, 0.25) is 0 Å². The summed E-state index contributed by atoms with van der Waals surface area (Å²) in [5.74, 6) is 0.575. The highest BCUT2D eigenvalue weighted by molar-refractivity contribution is 5.94. The number of nitrogens with zero attached hydrogens (tertiary/aromatic N) is 2. The Labute approximate surface area is 104 Å². The molecule has 1 heterocycles. The van der Waals surface area contributed by atoms with Gasteiger partial charge < -0.3 is 10.8 Å². The molecule has 3 rings (SSSR count). The second kappa shape index (κ2) is 4.00. The molecule has 3 N–H and O–H groups in total. The molecule has 0 aliphatic heterocycles. The minimum absolute atomic E-state index is 0.215. The summed E-state index contributed by atoms with van der Waals surface area (Å²) in [6.07, 6.45) is 0. The molecule has 0 unspecified atom stereocenters. The lowest BCUT2D eigenvalue weighted by atomic mass is 10.0. The van der Waals surface area contributed by atoms with Gasteiger partial charge >= 0.3 is 0 Å². The SMILES string of the molecule is Nc1ccc(-c2ccc3ccccc3c2O)nn1. The van der Waals surface area contributed by atoms with Crippen molar-refractivity contribution < 1.29 is 5.11 Å². The predicted molar refractivity (Wildman–Crippen MR) is 71.1 cm³/mol. The van der Waals surface area contributed by atoms with E-state index in [1.54, 1.807) is 12.1 Å². The molecule has 0 bridgehead atoms. The maximum absolute atomic E-state index is 10.3. The molecule has 0 amide bonds. The third kappa shape index (κ3) is 1.64. The Morgan fingerprint density at radius 3 is 2.50 bits per heavy atom. The smallest absolute Gasteiger partial charge is 0.146 e. The number of nitrogen functional groups attached to an aromatic ring is 1. The highest BCUT2D eigenvalue weighted by Gasteiger charge is 2.09. The van der Waals surface area contributed by atoms with Gasteiger partial charge in [0.05, 0.1) is 5.69 Å². The van der Waals surface area contributed by atoms with Crippen LogP contribution in [0.25, 0.3) is 22.0 Å². The molecule has 0 radical (unpaired) electrons. The maximum Gasteiger partial charge on any atom is 0.146 e. The molecule has 3 aromatic rings. The predicted octanol–water partition coefficient (Wildman–Crippen LogP) is 2.58. The summed E-state index contributed by atoms with van der Waals surface area (Å²) in [6.45, 7) is 0. The first kappa shape index (κ1) is 10.5. The summed E-state index contributed by atoms with van der Waals surface area (Å²) in [5.41, 5.74) is 6.76. The highest BCUT2D eigenvalue weighted by atomic mass is 16.3. The van der Waals surface area contributed by atoms with Crippen LogP contribution in [0.4, 0.5) is 5.82 Å². The number of phenolic OH excluding ortho intramolecular Hbond substituents is 1. The Hall–Kier alpha value is -2.62. The normalized spacial score (nSPS) is 10.7. The van der Waals surface area contributed by atoms with Crippen molar-refractivity contribution in [2.24, 2.45) is 0 Å². The standard InChI is InChI=1S/C14H11N3O/c15-13-8-7-12(16-17-13)11-6-5-9-3-1-2-4-10(9)14(11)18/h1-8,18H,(H2,15,17). The summed E-state index contributed by atoms with van der Waals surface area (Å²) in [6, 6.07) is 14.8. The Kier molecular flexibility index (Phi) is 2.34. The van der Waals surface area contributed by atoms with Crippen molar-refractivity contribution >= 4 is 16.6 Å². The number of hydrogen-bond donors (Lipinski definition) is 2. The largest absolute Gasteiger partial charge is 0.507 e. The van der Waals surface area contributed by atoms with Crippen LogP contribution in [0, 0.1) is 0 Å². The van der Waals surface area contributed by atoms with Crippen LogP contribution >= 0.6 is 0 Å². The lowest BCUT2D eigenvalue weighted by molar-refractivity contribution is 0.483. The van der Waals surface area contributed by atoms with Gasteiger partial charge in [0.15, 0.2) is 0 Å². The number of phenols is 1. The molecule has 0 aliphatic rings. The minimum Gasteiger partial charge on any atom is -0.507 e. The number of fused-ring (bicyclic) bond motifs is 1. The number of nitrogens with two attached hydrogens (primary N) is 1. The molecular weight excluding hydrogens is 226 g/mol. The van der Waals surface area contributed by atoms with Crippen LogP contribution < -0.4 is 5.73 Å². The molecule has 4 heteroatoms. The number of rotatable bonds is 1. The van der Waals surface area contributed by atoms with Crippen molar-refractivity contribution in [3.63, 3.8) is 0 Å². The summed E-state index contributed by atoms with van der Waals surface area (Å²) in [7, 11) is 0. The lowest BCUT2D eigenvalue weighted by Gasteiger charge is -2.07. The zero-order chi connectivity index (χ0) is 12.5. The van der Waals surface area contributed by atoms with Gasteiger partial charge in [0.1, 0.15) is 11.6 Å². The molecule has 0 saturated carbocycles. The van der Waals surface area contributed by atoms with Crippen LogP contribution in [0.3, 0.4) is 0 Å². The Morgan fingerprint density at radius 1 is 0.889 bits per heavy atom. The van der Waals surface area contributed by atoms with E-state index in [1.807, 2.05) is 36.4 Å². The zero-order valence-corrected chi connectivity index (χ0v) is 9.54. The van der Waals surface area contributed by atoms with Gasteiger partial charge in [0.25, 0.3) is 0 Å². The second-order valence-corrected chi connectivity index (χ2v) is 4.03. The fourth-order valence-electron chi connectivity index (χ4n) is 1.95. The molecule has 4 nitrogen and oxygen atoms in total. The molecule has 2 aromatic carbocycles. The summed E-state index contributed by atoms with van der Waals surface area (Å²) < 4.78 is 0. The molecule has 18 heavy (non-hydrogen) atoms. The molecule has 0 saturated heterocycles. The molecule has 0 atom stereocenters. The second-order valence-electron chi connectivity index (χ2n) is 4.03. The third-order valence-corrected chi connectivity index (χ3v) is 2.86. The lowest BCUT2D eigenvalue weighted by Crippen LogP contribution is -1.94. The van der Waals surface area contributed by atoms with Gasteiger partial charge in [-0.25, -0.2) is 0 Å². The topological polar surface area (TPSA) is 72.0 Å². The van der Waals surface area contributed by atoms with Gasteiger partial charge in [-0.15, -0.1) is 10.2 Å². The van der Waals surface area contributed by atoms with Crippen LogP contribution in [0.5, 0.6) is 5.75 Å². The van der Waals surface area contributed by atoms with Crippen LogP contribution in [0.2, 0.25) is 0 Å². The molecule has 0 fully saturated rings. The maximum atomic E-state index is 10.3. The van der Waals surface area contributed by atoms with Crippen molar-refractivity contribution in [3.05, 3.63) is 48.5 Å². The van der Waals surface area contributed by atoms with Crippen molar-refractivity contribution in [3.8, 4) is 17.0 Å². The van der Waals surface area contributed by atoms with Crippen molar-refractivity contribution in [2.75, 3.05) is 5.73 Å². The number of benzene rings is 2. The van der Waals surface area contributed by atoms with Gasteiger partial charge in [-0.3, -0.25) is 0 Å². The first-order valence-electron chi connectivity index (χ1n) is 5.56. The van der Waals surface area contributed by atoms with E-state index in [4.69, 9.17) is 5.73 Å². The van der Waals surface area contributed by atoms with Gasteiger partial charge in [-0.2, -0.15) is 0 Å². The Morgan fingerprint density at radius 2 is 1.72 bits per heavy atom. The molecule has 0 aliphatic carbocycles. The Balaban J connectivity index is 2.24. The quantitative estimate of drug-likeness (QED) is 0.682. The van der Waals surface area contributed by atoms with E-state index >= 15 is 0 Å². The fraction of sp³-hybridized carbons (Fsp3) is 0. The van der Waals surface area contributed by atoms with Crippen LogP contribution in [-0.2, 0) is 0 Å². The average Bonchev–Trinajstić information content (AvgIpc) is 2.41. The van der Waals surface area contributed by atoms with E-state index in [-0.39, 0.29) is 5.75 Å². The fourth-order valence-corrected chi connectivity index (χ4v) is 1.95. The van der Waals surface area contributed by atoms with Crippen LogP contribution in [0.15, 0.2) is 48.5 Å². The molecule has 88 valence electrons. The van der Waals surface area contributed by atoms with E-state index in [2.05, 4.69) is 10.2 Å². The van der Waals surface area contributed by atoms with E-state index in [1.165, 1.54) is 0 Å². The summed E-state index contributed by atoms with van der Waals surface area (Å²) in [4.78, 5) is 0. The van der Waals surface area contributed by atoms with Gasteiger partial charge in [-0.05, 0) is 23.6 Å². The van der Waals surface area contributed by atoms with E-state index in [0.29, 0.717) is 17.1 Å².